The number of hydrogen-bond acceptors (Lipinski definition) is 6. The number of amides is 2. The average molecular weight is 328 g/mol. The number of rotatable bonds is 1. The Morgan fingerprint density at radius 3 is 2.62 bits per heavy atom. The van der Waals surface area contributed by atoms with Gasteiger partial charge in [-0.2, -0.15) is 5.11 Å². The molecule has 2 bridgehead atoms. The molecule has 0 unspecified atom stereocenters. The third-order valence-electron chi connectivity index (χ3n) is 4.71. The van der Waals surface area contributed by atoms with Crippen molar-refractivity contribution < 1.29 is 14.3 Å². The number of carbonyl (C=O) groups excluding carboxylic acids is 2. The number of hydrogen-bond donors (Lipinski definition) is 0. The van der Waals surface area contributed by atoms with Gasteiger partial charge in [0.2, 0.25) is 5.91 Å². The number of imide groups is 1. The normalized spacial score (nSPS) is 30.9. The van der Waals surface area contributed by atoms with Crippen LogP contribution in [-0.2, 0) is 9.53 Å². The van der Waals surface area contributed by atoms with Crippen molar-refractivity contribution in [3.8, 4) is 0 Å². The molecule has 0 radical (unpaired) electrons. The van der Waals surface area contributed by atoms with Gasteiger partial charge in [-0.1, -0.05) is 23.4 Å². The summed E-state index contributed by atoms with van der Waals surface area (Å²) in [6, 6.07) is 9.14. The van der Waals surface area contributed by atoms with Crippen LogP contribution in [0.25, 0.3) is 0 Å². The summed E-state index contributed by atoms with van der Waals surface area (Å²) in [6.07, 6.45) is 0.0438. The first kappa shape index (κ1) is 15.1. The number of piperidine rings is 1. The van der Waals surface area contributed by atoms with Crippen molar-refractivity contribution in [1.29, 1.82) is 0 Å². The molecule has 7 nitrogen and oxygen atoms in total. The SMILES string of the molecule is CC(C)(C)OC(=O)N1C(=O)[C@@H]2C[C@H]1[C@H]1N=NN(c3ccccc3)[C@H]12. The van der Waals surface area contributed by atoms with Crippen LogP contribution in [0.15, 0.2) is 40.7 Å². The summed E-state index contributed by atoms with van der Waals surface area (Å²) >= 11 is 0. The predicted octanol–water partition coefficient (Wildman–Crippen LogP) is 2.78. The molecule has 1 saturated carbocycles. The minimum absolute atomic E-state index is 0.108. The van der Waals surface area contributed by atoms with Gasteiger partial charge in [-0.15, -0.1) is 0 Å². The Balaban J connectivity index is 1.58. The second-order valence-electron chi connectivity index (χ2n) is 7.46. The molecular weight excluding hydrogens is 308 g/mol. The highest BCUT2D eigenvalue weighted by Crippen LogP contribution is 2.47. The average Bonchev–Trinajstić information content (AvgIpc) is 3.15. The van der Waals surface area contributed by atoms with Gasteiger partial charge in [0.15, 0.2) is 0 Å². The van der Waals surface area contributed by atoms with Gasteiger partial charge < -0.3 is 4.74 Å². The molecule has 7 heteroatoms. The fraction of sp³-hybridized carbons (Fsp3) is 0.529. The molecule has 0 N–H and O–H groups in total. The maximum Gasteiger partial charge on any atom is 0.417 e. The highest BCUT2D eigenvalue weighted by atomic mass is 16.6. The van der Waals surface area contributed by atoms with Gasteiger partial charge >= 0.3 is 6.09 Å². The lowest BCUT2D eigenvalue weighted by molar-refractivity contribution is -0.133. The largest absolute Gasteiger partial charge is 0.443 e. The number of likely N-dealkylation sites (tertiary alicyclic amines) is 1. The zero-order valence-electron chi connectivity index (χ0n) is 13.9. The maximum atomic E-state index is 12.7. The van der Waals surface area contributed by atoms with E-state index in [0.717, 1.165) is 5.69 Å². The molecule has 1 aromatic rings. The molecule has 4 atom stereocenters. The number of para-hydroxylation sites is 1. The van der Waals surface area contributed by atoms with Crippen LogP contribution in [0, 0.1) is 5.92 Å². The number of fused-ring (bicyclic) bond motifs is 5. The summed E-state index contributed by atoms with van der Waals surface area (Å²) in [5, 5.41) is 10.4. The van der Waals surface area contributed by atoms with Crippen molar-refractivity contribution in [2.45, 2.75) is 50.9 Å². The molecule has 2 heterocycles. The first-order valence-corrected chi connectivity index (χ1v) is 8.18. The number of ether oxygens (including phenoxy) is 1. The molecule has 0 aromatic heterocycles. The van der Waals surface area contributed by atoms with Gasteiger partial charge in [0.25, 0.3) is 0 Å². The zero-order valence-corrected chi connectivity index (χ0v) is 13.9. The van der Waals surface area contributed by atoms with Crippen LogP contribution >= 0.6 is 0 Å². The van der Waals surface area contributed by atoms with E-state index in [-0.39, 0.29) is 30.0 Å². The van der Waals surface area contributed by atoms with Gasteiger partial charge in [0.1, 0.15) is 11.6 Å². The highest BCUT2D eigenvalue weighted by molar-refractivity contribution is 5.97. The van der Waals surface area contributed by atoms with E-state index in [2.05, 4.69) is 10.3 Å². The third-order valence-corrected chi connectivity index (χ3v) is 4.71. The molecule has 3 aliphatic rings. The van der Waals surface area contributed by atoms with E-state index in [1.807, 2.05) is 35.3 Å². The molecule has 1 aromatic carbocycles. The zero-order chi connectivity index (χ0) is 17.1. The molecule has 24 heavy (non-hydrogen) atoms. The van der Waals surface area contributed by atoms with Crippen molar-refractivity contribution in [3.63, 3.8) is 0 Å². The van der Waals surface area contributed by atoms with Crippen molar-refractivity contribution in [1.82, 2.24) is 4.90 Å². The molecule has 0 spiro atoms. The van der Waals surface area contributed by atoms with E-state index < -0.39 is 11.7 Å². The Hall–Kier alpha value is -2.44. The van der Waals surface area contributed by atoms with Crippen molar-refractivity contribution >= 4 is 17.7 Å². The summed E-state index contributed by atoms with van der Waals surface area (Å²) < 4.78 is 5.38. The standard InChI is InChI=1S/C17H20N4O3/c1-17(2,3)24-16(23)20-12-9-11(15(20)22)14-13(12)18-19-21(14)10-7-5-4-6-8-10/h4-8,11-14H,9H2,1-3H3/t11-,12+,13-,14+/m1/s1. The molecule has 1 aliphatic carbocycles. The van der Waals surface area contributed by atoms with E-state index in [0.29, 0.717) is 6.42 Å². The van der Waals surface area contributed by atoms with E-state index in [1.165, 1.54) is 4.90 Å². The van der Waals surface area contributed by atoms with Gasteiger partial charge in [-0.25, -0.2) is 14.7 Å². The van der Waals surface area contributed by atoms with Gasteiger partial charge in [0.05, 0.1) is 23.7 Å². The summed E-state index contributed by atoms with van der Waals surface area (Å²) in [6.45, 7) is 5.37. The summed E-state index contributed by atoms with van der Waals surface area (Å²) in [5.74, 6) is -0.452. The number of nitrogens with zero attached hydrogens (tertiary/aromatic N) is 4. The fourth-order valence-corrected chi connectivity index (χ4v) is 3.83. The smallest absolute Gasteiger partial charge is 0.417 e. The first-order chi connectivity index (χ1) is 11.4. The Bertz CT molecular complexity index is 712. The Morgan fingerprint density at radius 2 is 1.96 bits per heavy atom. The minimum Gasteiger partial charge on any atom is -0.443 e. The Labute approximate surface area is 140 Å². The summed E-state index contributed by atoms with van der Waals surface area (Å²) in [7, 11) is 0. The molecule has 2 fully saturated rings. The summed E-state index contributed by atoms with van der Waals surface area (Å²) in [4.78, 5) is 26.4. The lowest BCUT2D eigenvalue weighted by atomic mass is 9.98. The quantitative estimate of drug-likeness (QED) is 0.794. The van der Waals surface area contributed by atoms with Crippen LogP contribution in [0.4, 0.5) is 10.5 Å². The van der Waals surface area contributed by atoms with Crippen LogP contribution in [0.2, 0.25) is 0 Å². The third kappa shape index (κ3) is 2.18. The molecule has 126 valence electrons. The minimum atomic E-state index is -0.633. The van der Waals surface area contributed by atoms with Crippen LogP contribution in [0.1, 0.15) is 27.2 Å². The van der Waals surface area contributed by atoms with Crippen LogP contribution in [0.3, 0.4) is 0 Å². The highest BCUT2D eigenvalue weighted by Gasteiger charge is 2.63. The van der Waals surface area contributed by atoms with E-state index in [1.54, 1.807) is 20.8 Å². The van der Waals surface area contributed by atoms with Gasteiger partial charge in [-0.3, -0.25) is 4.79 Å². The molecule has 2 amide bonds. The lowest BCUT2D eigenvalue weighted by Gasteiger charge is -2.34. The van der Waals surface area contributed by atoms with Crippen LogP contribution in [-0.4, -0.2) is 40.6 Å². The molecular formula is C17H20N4O3. The molecule has 2 aliphatic heterocycles. The van der Waals surface area contributed by atoms with E-state index in [4.69, 9.17) is 4.74 Å². The maximum absolute atomic E-state index is 12.7. The number of carbonyl (C=O) groups is 2. The second-order valence-corrected chi connectivity index (χ2v) is 7.46. The Kier molecular flexibility index (Phi) is 3.16. The first-order valence-electron chi connectivity index (χ1n) is 8.18. The monoisotopic (exact) mass is 328 g/mol. The predicted molar refractivity (Wildman–Crippen MR) is 86.3 cm³/mol. The van der Waals surface area contributed by atoms with E-state index in [9.17, 15) is 9.59 Å². The Morgan fingerprint density at radius 1 is 1.25 bits per heavy atom. The second kappa shape index (κ2) is 5.03. The van der Waals surface area contributed by atoms with Crippen molar-refractivity contribution in [2.24, 2.45) is 16.3 Å². The fourth-order valence-electron chi connectivity index (χ4n) is 3.83. The topological polar surface area (TPSA) is 74.6 Å². The van der Waals surface area contributed by atoms with Crippen LogP contribution in [0.5, 0.6) is 0 Å². The van der Waals surface area contributed by atoms with Gasteiger partial charge in [0, 0.05) is 0 Å². The molecule has 4 rings (SSSR count). The van der Waals surface area contributed by atoms with Gasteiger partial charge in [-0.05, 0) is 39.3 Å². The van der Waals surface area contributed by atoms with E-state index >= 15 is 0 Å². The van der Waals surface area contributed by atoms with Crippen LogP contribution < -0.4 is 5.01 Å². The lowest BCUT2D eigenvalue weighted by Crippen LogP contribution is -2.56. The number of benzene rings is 1. The summed E-state index contributed by atoms with van der Waals surface area (Å²) in [5.41, 5.74) is 0.282. The molecule has 1 saturated heterocycles. The van der Waals surface area contributed by atoms with Crippen molar-refractivity contribution in [2.75, 3.05) is 5.01 Å². The van der Waals surface area contributed by atoms with Crippen molar-refractivity contribution in [3.05, 3.63) is 30.3 Å². The number of anilines is 1.